The van der Waals surface area contributed by atoms with Gasteiger partial charge >= 0.3 is 0 Å². The lowest BCUT2D eigenvalue weighted by atomic mass is 10.0. The fraction of sp³-hybridized carbons (Fsp3) is 0.200. The molecule has 0 atom stereocenters. The number of benzene rings is 2. The fourth-order valence-corrected chi connectivity index (χ4v) is 2.64. The Hall–Kier alpha value is -2.88. The highest BCUT2D eigenvalue weighted by Crippen LogP contribution is 2.23. The third-order valence-corrected chi connectivity index (χ3v) is 3.84. The Morgan fingerprint density at radius 3 is 2.75 bits per heavy atom. The van der Waals surface area contributed by atoms with Crippen LogP contribution in [0.4, 0.5) is 0 Å². The number of carbonyl (C=O) groups excluding carboxylic acids is 1. The quantitative estimate of drug-likeness (QED) is 0.696. The molecule has 0 aliphatic heterocycles. The summed E-state index contributed by atoms with van der Waals surface area (Å²) in [6, 6.07) is 16.4. The molecule has 122 valence electrons. The van der Waals surface area contributed by atoms with E-state index in [2.05, 4.69) is 4.98 Å². The molecule has 24 heavy (non-hydrogen) atoms. The van der Waals surface area contributed by atoms with E-state index in [0.29, 0.717) is 29.9 Å². The van der Waals surface area contributed by atoms with Gasteiger partial charge in [-0.15, -0.1) is 0 Å². The highest BCUT2D eigenvalue weighted by molar-refractivity contribution is 5.96. The molecular formula is C20H19NO3. The van der Waals surface area contributed by atoms with Crippen molar-refractivity contribution in [1.29, 1.82) is 0 Å². The molecule has 0 aliphatic rings. The molecule has 0 saturated carbocycles. The van der Waals surface area contributed by atoms with Crippen LogP contribution >= 0.6 is 0 Å². The predicted octanol–water partition coefficient (Wildman–Crippen LogP) is 4.09. The number of rotatable bonds is 6. The molecule has 0 fully saturated rings. The van der Waals surface area contributed by atoms with Gasteiger partial charge in [-0.3, -0.25) is 9.59 Å². The Balaban J connectivity index is 1.81. The van der Waals surface area contributed by atoms with Gasteiger partial charge in [0.25, 0.3) is 0 Å². The molecule has 3 aromatic rings. The van der Waals surface area contributed by atoms with Crippen molar-refractivity contribution in [2.24, 2.45) is 0 Å². The summed E-state index contributed by atoms with van der Waals surface area (Å²) in [4.78, 5) is 26.4. The number of ketones is 1. The van der Waals surface area contributed by atoms with E-state index in [0.717, 1.165) is 17.4 Å². The lowest BCUT2D eigenvalue weighted by Gasteiger charge is -2.10. The van der Waals surface area contributed by atoms with E-state index in [1.165, 1.54) is 6.07 Å². The first kappa shape index (κ1) is 16.0. The summed E-state index contributed by atoms with van der Waals surface area (Å²) in [5.74, 6) is 0.768. The predicted molar refractivity (Wildman–Crippen MR) is 94.6 cm³/mol. The smallest absolute Gasteiger partial charge is 0.248 e. The van der Waals surface area contributed by atoms with Crippen molar-refractivity contribution < 1.29 is 9.53 Å². The van der Waals surface area contributed by atoms with Crippen molar-refractivity contribution in [3.05, 3.63) is 76.1 Å². The van der Waals surface area contributed by atoms with E-state index in [9.17, 15) is 9.59 Å². The van der Waals surface area contributed by atoms with Crippen molar-refractivity contribution in [1.82, 2.24) is 4.98 Å². The van der Waals surface area contributed by atoms with Gasteiger partial charge in [-0.25, -0.2) is 0 Å². The highest BCUT2D eigenvalue weighted by atomic mass is 16.5. The second-order valence-corrected chi connectivity index (χ2v) is 5.71. The van der Waals surface area contributed by atoms with Crippen LogP contribution in [0, 0.1) is 0 Å². The molecule has 0 spiro atoms. The number of hydrogen-bond donors (Lipinski definition) is 1. The van der Waals surface area contributed by atoms with Gasteiger partial charge in [0.05, 0.1) is 5.52 Å². The van der Waals surface area contributed by atoms with Crippen LogP contribution in [0.25, 0.3) is 10.9 Å². The number of pyridine rings is 1. The molecule has 1 heterocycles. The molecule has 0 aliphatic carbocycles. The number of hydrogen-bond acceptors (Lipinski definition) is 3. The summed E-state index contributed by atoms with van der Waals surface area (Å²) in [6.07, 6.45) is 1.39. The summed E-state index contributed by atoms with van der Waals surface area (Å²) in [5, 5.41) is 0.916. The van der Waals surface area contributed by atoms with Crippen LogP contribution in [-0.2, 0) is 6.61 Å². The van der Waals surface area contributed by atoms with Crippen LogP contribution in [0.1, 0.15) is 35.7 Å². The average molecular weight is 321 g/mol. The maximum atomic E-state index is 12.0. The summed E-state index contributed by atoms with van der Waals surface area (Å²) < 4.78 is 5.87. The zero-order valence-electron chi connectivity index (χ0n) is 13.5. The number of aromatic amines is 1. The van der Waals surface area contributed by atoms with Crippen LogP contribution in [-0.4, -0.2) is 10.8 Å². The minimum Gasteiger partial charge on any atom is -0.487 e. The molecule has 0 radical (unpaired) electrons. The minimum absolute atomic E-state index is 0.147. The number of fused-ring (bicyclic) bond motifs is 1. The maximum absolute atomic E-state index is 12.0. The Bertz CT molecular complexity index is 927. The third kappa shape index (κ3) is 3.54. The molecule has 1 aromatic heterocycles. The number of carbonyl (C=O) groups is 1. The van der Waals surface area contributed by atoms with E-state index in [1.54, 1.807) is 6.07 Å². The van der Waals surface area contributed by atoms with Gasteiger partial charge in [-0.1, -0.05) is 37.3 Å². The van der Waals surface area contributed by atoms with E-state index < -0.39 is 0 Å². The summed E-state index contributed by atoms with van der Waals surface area (Å²) in [7, 11) is 0. The standard InChI is InChI=1S/C20H19NO3/c1-2-5-17(22)16-8-3-6-14(12-16)13-24-18-9-4-7-15-10-11-19(23)21-20(15)18/h3-4,6-12H,2,5,13H2,1H3,(H,21,23). The van der Waals surface area contributed by atoms with Gasteiger partial charge < -0.3 is 9.72 Å². The number of H-pyrrole nitrogens is 1. The van der Waals surface area contributed by atoms with Crippen molar-refractivity contribution in [3.63, 3.8) is 0 Å². The zero-order valence-corrected chi connectivity index (χ0v) is 13.5. The van der Waals surface area contributed by atoms with Gasteiger partial charge in [-0.2, -0.15) is 0 Å². The molecule has 3 rings (SSSR count). The molecule has 0 unspecified atom stereocenters. The van der Waals surface area contributed by atoms with Crippen LogP contribution in [0.15, 0.2) is 59.4 Å². The van der Waals surface area contributed by atoms with Crippen LogP contribution in [0.5, 0.6) is 5.75 Å². The first-order valence-electron chi connectivity index (χ1n) is 8.04. The van der Waals surface area contributed by atoms with Gasteiger partial charge in [-0.05, 0) is 30.2 Å². The lowest BCUT2D eigenvalue weighted by molar-refractivity contribution is 0.0981. The molecule has 4 heteroatoms. The first-order valence-corrected chi connectivity index (χ1v) is 8.04. The van der Waals surface area contributed by atoms with Crippen molar-refractivity contribution in [3.8, 4) is 5.75 Å². The molecular weight excluding hydrogens is 302 g/mol. The highest BCUT2D eigenvalue weighted by Gasteiger charge is 2.07. The van der Waals surface area contributed by atoms with E-state index in [1.807, 2.05) is 49.4 Å². The maximum Gasteiger partial charge on any atom is 0.248 e. The minimum atomic E-state index is -0.161. The number of Topliss-reactive ketones (excluding diaryl/α,β-unsaturated/α-hetero) is 1. The monoisotopic (exact) mass is 321 g/mol. The fourth-order valence-electron chi connectivity index (χ4n) is 2.64. The van der Waals surface area contributed by atoms with Gasteiger partial charge in [0, 0.05) is 23.4 Å². The number of ether oxygens (including phenoxy) is 1. The number of aromatic nitrogens is 1. The Kier molecular flexibility index (Phi) is 4.75. The normalized spacial score (nSPS) is 10.7. The Labute approximate surface area is 140 Å². The average Bonchev–Trinajstić information content (AvgIpc) is 2.60. The number of para-hydroxylation sites is 1. The van der Waals surface area contributed by atoms with Gasteiger partial charge in [0.2, 0.25) is 5.56 Å². The second-order valence-electron chi connectivity index (χ2n) is 5.71. The van der Waals surface area contributed by atoms with E-state index >= 15 is 0 Å². The Morgan fingerprint density at radius 1 is 1.08 bits per heavy atom. The number of nitrogens with one attached hydrogen (secondary N) is 1. The first-order chi connectivity index (χ1) is 11.7. The molecule has 1 N–H and O–H groups in total. The summed E-state index contributed by atoms with van der Waals surface area (Å²) in [5.41, 5.74) is 2.16. The van der Waals surface area contributed by atoms with Gasteiger partial charge in [0.15, 0.2) is 5.78 Å². The van der Waals surface area contributed by atoms with Crippen LogP contribution in [0.3, 0.4) is 0 Å². The molecule has 0 saturated heterocycles. The SMILES string of the molecule is CCCC(=O)c1cccc(COc2cccc3ccc(=O)[nH]c23)c1. The molecule has 0 bridgehead atoms. The second kappa shape index (κ2) is 7.13. The van der Waals surface area contributed by atoms with Crippen molar-refractivity contribution in [2.45, 2.75) is 26.4 Å². The zero-order chi connectivity index (χ0) is 16.9. The lowest BCUT2D eigenvalue weighted by Crippen LogP contribution is -2.05. The third-order valence-electron chi connectivity index (χ3n) is 3.84. The summed E-state index contributed by atoms with van der Waals surface area (Å²) in [6.45, 7) is 2.33. The molecule has 0 amide bonds. The van der Waals surface area contributed by atoms with E-state index in [-0.39, 0.29) is 11.3 Å². The van der Waals surface area contributed by atoms with Crippen LogP contribution < -0.4 is 10.3 Å². The van der Waals surface area contributed by atoms with Crippen molar-refractivity contribution >= 4 is 16.7 Å². The molecule has 4 nitrogen and oxygen atoms in total. The topological polar surface area (TPSA) is 59.2 Å². The summed E-state index contributed by atoms with van der Waals surface area (Å²) >= 11 is 0. The largest absolute Gasteiger partial charge is 0.487 e. The Morgan fingerprint density at radius 2 is 1.92 bits per heavy atom. The van der Waals surface area contributed by atoms with Crippen LogP contribution in [0.2, 0.25) is 0 Å². The van der Waals surface area contributed by atoms with Crippen molar-refractivity contribution in [2.75, 3.05) is 0 Å². The van der Waals surface area contributed by atoms with E-state index in [4.69, 9.17) is 4.74 Å². The molecule has 2 aromatic carbocycles. The van der Waals surface area contributed by atoms with Gasteiger partial charge in [0.1, 0.15) is 12.4 Å².